The molecule has 3 rings (SSSR count). The number of hydrogen-bond acceptors (Lipinski definition) is 4. The normalized spacial score (nSPS) is 10.3. The summed E-state index contributed by atoms with van der Waals surface area (Å²) in [5.74, 6) is 1.01. The molecule has 0 aliphatic rings. The predicted octanol–water partition coefficient (Wildman–Crippen LogP) is 5.05. The minimum absolute atomic E-state index is 0.206. The van der Waals surface area contributed by atoms with Crippen LogP contribution in [0.5, 0.6) is 5.75 Å². The number of methoxy groups -OCH3 is 1. The van der Waals surface area contributed by atoms with Gasteiger partial charge < -0.3 is 15.4 Å². The molecule has 1 amide bonds. The maximum Gasteiger partial charge on any atom is 0.257 e. The Bertz CT molecular complexity index is 927. The quantitative estimate of drug-likeness (QED) is 0.662. The zero-order valence-corrected chi connectivity index (χ0v) is 15.2. The number of anilines is 3. The van der Waals surface area contributed by atoms with Gasteiger partial charge in [-0.1, -0.05) is 23.7 Å². The number of amides is 1. The van der Waals surface area contributed by atoms with Gasteiger partial charge in [-0.3, -0.25) is 4.79 Å². The second kappa shape index (κ2) is 7.89. The summed E-state index contributed by atoms with van der Waals surface area (Å²) < 4.78 is 5.13. The molecule has 1 aromatic heterocycles. The summed E-state index contributed by atoms with van der Waals surface area (Å²) in [6.45, 7) is 1.98. The van der Waals surface area contributed by atoms with Gasteiger partial charge in [-0.05, 0) is 55.0 Å². The summed E-state index contributed by atoms with van der Waals surface area (Å²) in [4.78, 5) is 16.6. The van der Waals surface area contributed by atoms with Crippen LogP contribution in [-0.4, -0.2) is 18.0 Å². The van der Waals surface area contributed by atoms with E-state index in [1.54, 1.807) is 31.4 Å². The highest BCUT2D eigenvalue weighted by molar-refractivity contribution is 6.32. The number of hydrogen-bond donors (Lipinski definition) is 2. The maximum absolute atomic E-state index is 12.3. The molecule has 0 saturated heterocycles. The number of halogens is 1. The van der Waals surface area contributed by atoms with Crippen molar-refractivity contribution in [2.75, 3.05) is 17.7 Å². The van der Waals surface area contributed by atoms with E-state index in [-0.39, 0.29) is 5.91 Å². The molecule has 3 aromatic rings. The fourth-order valence-electron chi connectivity index (χ4n) is 2.42. The molecule has 0 aliphatic heterocycles. The molecule has 0 saturated carbocycles. The van der Waals surface area contributed by atoms with E-state index in [1.165, 1.54) is 6.20 Å². The van der Waals surface area contributed by atoms with Crippen molar-refractivity contribution in [1.82, 2.24) is 4.98 Å². The first kappa shape index (κ1) is 17.8. The molecule has 0 spiro atoms. The second-order valence-corrected chi connectivity index (χ2v) is 6.14. The van der Waals surface area contributed by atoms with Crippen LogP contribution in [0.1, 0.15) is 15.9 Å². The highest BCUT2D eigenvalue weighted by Crippen LogP contribution is 2.28. The number of aromatic nitrogens is 1. The number of benzene rings is 2. The Morgan fingerprint density at radius 3 is 2.58 bits per heavy atom. The molecular weight excluding hydrogens is 350 g/mol. The lowest BCUT2D eigenvalue weighted by Crippen LogP contribution is -2.12. The molecular formula is C20H18ClN3O2. The summed E-state index contributed by atoms with van der Waals surface area (Å²) in [5, 5.41) is 6.50. The third kappa shape index (κ3) is 4.32. The van der Waals surface area contributed by atoms with Gasteiger partial charge in [0.15, 0.2) is 0 Å². The van der Waals surface area contributed by atoms with Crippen molar-refractivity contribution in [2.45, 2.75) is 6.92 Å². The second-order valence-electron chi connectivity index (χ2n) is 5.73. The number of ether oxygens (including phenoxy) is 1. The van der Waals surface area contributed by atoms with E-state index in [2.05, 4.69) is 15.6 Å². The summed E-state index contributed by atoms with van der Waals surface area (Å²) in [6.07, 6.45) is 1.53. The molecule has 0 radical (unpaired) electrons. The van der Waals surface area contributed by atoms with E-state index in [9.17, 15) is 4.79 Å². The molecule has 0 fully saturated rings. The SMILES string of the molecule is COc1ccc(Nc2ccc(C(=O)Nc3cccc(C)c3)cn2)cc1Cl. The highest BCUT2D eigenvalue weighted by Gasteiger charge is 2.08. The van der Waals surface area contributed by atoms with E-state index in [0.29, 0.717) is 22.2 Å². The van der Waals surface area contributed by atoms with Crippen LogP contribution in [-0.2, 0) is 0 Å². The van der Waals surface area contributed by atoms with Crippen LogP contribution in [0.2, 0.25) is 5.02 Å². The number of rotatable bonds is 5. The van der Waals surface area contributed by atoms with Crippen molar-refractivity contribution < 1.29 is 9.53 Å². The van der Waals surface area contributed by atoms with Crippen LogP contribution in [0.4, 0.5) is 17.2 Å². The topological polar surface area (TPSA) is 63.2 Å². The average molecular weight is 368 g/mol. The molecule has 0 bridgehead atoms. The molecule has 0 atom stereocenters. The lowest BCUT2D eigenvalue weighted by atomic mass is 10.2. The van der Waals surface area contributed by atoms with E-state index in [4.69, 9.17) is 16.3 Å². The van der Waals surface area contributed by atoms with E-state index in [0.717, 1.165) is 16.9 Å². The first-order valence-corrected chi connectivity index (χ1v) is 8.37. The summed E-state index contributed by atoms with van der Waals surface area (Å²) in [6, 6.07) is 16.4. The van der Waals surface area contributed by atoms with Crippen LogP contribution >= 0.6 is 11.6 Å². The first-order valence-electron chi connectivity index (χ1n) is 8.00. The van der Waals surface area contributed by atoms with E-state index < -0.39 is 0 Å². The van der Waals surface area contributed by atoms with Crippen molar-refractivity contribution >= 4 is 34.7 Å². The smallest absolute Gasteiger partial charge is 0.257 e. The van der Waals surface area contributed by atoms with Gasteiger partial charge in [0.1, 0.15) is 11.6 Å². The molecule has 2 N–H and O–H groups in total. The zero-order chi connectivity index (χ0) is 18.5. The van der Waals surface area contributed by atoms with Crippen LogP contribution in [0.3, 0.4) is 0 Å². The number of nitrogens with one attached hydrogen (secondary N) is 2. The fourth-order valence-corrected chi connectivity index (χ4v) is 2.68. The summed E-state index contributed by atoms with van der Waals surface area (Å²) in [5.41, 5.74) is 3.09. The number of carbonyl (C=O) groups excluding carboxylic acids is 1. The zero-order valence-electron chi connectivity index (χ0n) is 14.4. The van der Waals surface area contributed by atoms with Crippen molar-refractivity contribution in [3.63, 3.8) is 0 Å². The lowest BCUT2D eigenvalue weighted by molar-refractivity contribution is 0.102. The number of pyridine rings is 1. The number of aryl methyl sites for hydroxylation is 1. The van der Waals surface area contributed by atoms with Crippen molar-refractivity contribution in [3.05, 3.63) is 76.9 Å². The van der Waals surface area contributed by atoms with Crippen LogP contribution in [0.15, 0.2) is 60.8 Å². The van der Waals surface area contributed by atoms with Gasteiger partial charge in [0.2, 0.25) is 0 Å². The molecule has 0 unspecified atom stereocenters. The molecule has 0 aliphatic carbocycles. The average Bonchev–Trinajstić information content (AvgIpc) is 2.62. The summed E-state index contributed by atoms with van der Waals surface area (Å²) in [7, 11) is 1.57. The predicted molar refractivity (Wildman–Crippen MR) is 105 cm³/mol. The Balaban J connectivity index is 1.68. The van der Waals surface area contributed by atoms with E-state index in [1.807, 2.05) is 37.3 Å². The lowest BCUT2D eigenvalue weighted by Gasteiger charge is -2.09. The van der Waals surface area contributed by atoms with Crippen LogP contribution < -0.4 is 15.4 Å². The van der Waals surface area contributed by atoms with Gasteiger partial charge in [-0.15, -0.1) is 0 Å². The first-order chi connectivity index (χ1) is 12.5. The minimum atomic E-state index is -0.206. The molecule has 6 heteroatoms. The Labute approximate surface area is 157 Å². The van der Waals surface area contributed by atoms with Gasteiger partial charge in [0.05, 0.1) is 17.7 Å². The molecule has 132 valence electrons. The van der Waals surface area contributed by atoms with Gasteiger partial charge in [0.25, 0.3) is 5.91 Å². The third-order valence-electron chi connectivity index (χ3n) is 3.73. The molecule has 26 heavy (non-hydrogen) atoms. The van der Waals surface area contributed by atoms with Crippen LogP contribution in [0.25, 0.3) is 0 Å². The standard InChI is InChI=1S/C20H18ClN3O2/c1-13-4-3-5-15(10-13)24-20(25)14-6-9-19(22-12-14)23-16-7-8-18(26-2)17(21)11-16/h3-12H,1-2H3,(H,22,23)(H,24,25). The third-order valence-corrected chi connectivity index (χ3v) is 4.02. The Morgan fingerprint density at radius 1 is 1.08 bits per heavy atom. The fraction of sp³-hybridized carbons (Fsp3) is 0.100. The molecule has 5 nitrogen and oxygen atoms in total. The Morgan fingerprint density at radius 2 is 1.92 bits per heavy atom. The monoisotopic (exact) mass is 367 g/mol. The Kier molecular flexibility index (Phi) is 5.39. The highest BCUT2D eigenvalue weighted by atomic mass is 35.5. The largest absolute Gasteiger partial charge is 0.495 e. The molecule has 2 aromatic carbocycles. The number of carbonyl (C=O) groups is 1. The van der Waals surface area contributed by atoms with E-state index >= 15 is 0 Å². The van der Waals surface area contributed by atoms with Gasteiger partial charge >= 0.3 is 0 Å². The van der Waals surface area contributed by atoms with Crippen molar-refractivity contribution in [1.29, 1.82) is 0 Å². The molecule has 1 heterocycles. The minimum Gasteiger partial charge on any atom is -0.495 e. The van der Waals surface area contributed by atoms with Crippen molar-refractivity contribution in [3.8, 4) is 5.75 Å². The Hall–Kier alpha value is -3.05. The van der Waals surface area contributed by atoms with Crippen LogP contribution in [0, 0.1) is 6.92 Å². The summed E-state index contributed by atoms with van der Waals surface area (Å²) >= 11 is 6.11. The van der Waals surface area contributed by atoms with Gasteiger partial charge in [-0.2, -0.15) is 0 Å². The van der Waals surface area contributed by atoms with Gasteiger partial charge in [-0.25, -0.2) is 4.98 Å². The van der Waals surface area contributed by atoms with Gasteiger partial charge in [0, 0.05) is 17.6 Å². The van der Waals surface area contributed by atoms with Crippen molar-refractivity contribution in [2.24, 2.45) is 0 Å². The number of nitrogens with zero attached hydrogens (tertiary/aromatic N) is 1. The maximum atomic E-state index is 12.3.